The van der Waals surface area contributed by atoms with Crippen molar-refractivity contribution < 1.29 is 4.79 Å². The van der Waals surface area contributed by atoms with Crippen molar-refractivity contribution in [3.8, 4) is 0 Å². The van der Waals surface area contributed by atoms with Gasteiger partial charge in [0.05, 0.1) is 5.02 Å². The number of hydrogen-bond acceptors (Lipinski definition) is 1. The number of carbonyl (C=O) groups excluding carboxylic acids is 1. The first-order chi connectivity index (χ1) is 9.47. The Hall–Kier alpha value is -1.32. The summed E-state index contributed by atoms with van der Waals surface area (Å²) in [6.07, 6.45) is 0. The molecular formula is C16H15BrClNO. The fraction of sp³-hybridized carbons (Fsp3) is 0.188. The third kappa shape index (κ3) is 3.62. The van der Waals surface area contributed by atoms with Gasteiger partial charge in [0.2, 0.25) is 0 Å². The van der Waals surface area contributed by atoms with E-state index in [4.69, 9.17) is 11.6 Å². The predicted molar refractivity (Wildman–Crippen MR) is 86.1 cm³/mol. The van der Waals surface area contributed by atoms with E-state index in [1.54, 1.807) is 30.1 Å². The van der Waals surface area contributed by atoms with E-state index >= 15 is 0 Å². The number of nitrogens with zero attached hydrogens (tertiary/aromatic N) is 1. The topological polar surface area (TPSA) is 20.3 Å². The van der Waals surface area contributed by atoms with Gasteiger partial charge in [0.15, 0.2) is 0 Å². The summed E-state index contributed by atoms with van der Waals surface area (Å²) in [6, 6.07) is 13.4. The molecule has 0 bridgehead atoms. The van der Waals surface area contributed by atoms with Crippen molar-refractivity contribution in [3.63, 3.8) is 0 Å². The van der Waals surface area contributed by atoms with Crippen LogP contribution in [-0.4, -0.2) is 17.9 Å². The highest BCUT2D eigenvalue weighted by Crippen LogP contribution is 2.24. The van der Waals surface area contributed by atoms with Crippen LogP contribution in [-0.2, 0) is 6.54 Å². The molecule has 2 nitrogen and oxygen atoms in total. The molecule has 0 radical (unpaired) electrons. The number of amides is 1. The molecule has 0 aromatic heterocycles. The van der Waals surface area contributed by atoms with Gasteiger partial charge in [0.25, 0.3) is 5.91 Å². The molecule has 0 aliphatic rings. The number of rotatable bonds is 3. The minimum atomic E-state index is -0.0251. The van der Waals surface area contributed by atoms with Gasteiger partial charge < -0.3 is 4.90 Å². The number of hydrogen-bond donors (Lipinski definition) is 0. The van der Waals surface area contributed by atoms with Gasteiger partial charge >= 0.3 is 0 Å². The predicted octanol–water partition coefficient (Wildman–Crippen LogP) is 4.68. The quantitative estimate of drug-likeness (QED) is 0.785. The van der Waals surface area contributed by atoms with E-state index in [2.05, 4.69) is 15.9 Å². The summed E-state index contributed by atoms with van der Waals surface area (Å²) in [5.74, 6) is -0.0251. The highest BCUT2D eigenvalue weighted by molar-refractivity contribution is 9.10. The first-order valence-corrected chi connectivity index (χ1v) is 7.40. The van der Waals surface area contributed by atoms with Gasteiger partial charge in [0, 0.05) is 23.6 Å². The van der Waals surface area contributed by atoms with Crippen molar-refractivity contribution >= 4 is 33.4 Å². The van der Waals surface area contributed by atoms with Gasteiger partial charge in [-0.3, -0.25) is 4.79 Å². The number of benzene rings is 2. The van der Waals surface area contributed by atoms with E-state index < -0.39 is 0 Å². The van der Waals surface area contributed by atoms with E-state index in [1.165, 1.54) is 5.56 Å². The fourth-order valence-electron chi connectivity index (χ4n) is 1.89. The molecule has 0 aliphatic heterocycles. The lowest BCUT2D eigenvalue weighted by Gasteiger charge is -2.17. The van der Waals surface area contributed by atoms with Gasteiger partial charge in [-0.1, -0.05) is 41.4 Å². The SMILES string of the molecule is Cc1ccc(CN(C)C(=O)c2ccc(Cl)c(Br)c2)cc1. The van der Waals surface area contributed by atoms with Crippen LogP contribution in [0.2, 0.25) is 5.02 Å². The van der Waals surface area contributed by atoms with Crippen LogP contribution in [0.4, 0.5) is 0 Å². The third-order valence-corrected chi connectivity index (χ3v) is 4.27. The summed E-state index contributed by atoms with van der Waals surface area (Å²) in [6.45, 7) is 2.63. The lowest BCUT2D eigenvalue weighted by atomic mass is 10.1. The molecule has 2 aromatic carbocycles. The van der Waals surface area contributed by atoms with Crippen molar-refractivity contribution in [2.75, 3.05) is 7.05 Å². The van der Waals surface area contributed by atoms with Crippen molar-refractivity contribution in [3.05, 3.63) is 68.7 Å². The molecule has 0 N–H and O–H groups in total. The minimum Gasteiger partial charge on any atom is -0.337 e. The summed E-state index contributed by atoms with van der Waals surface area (Å²) in [7, 11) is 1.80. The molecule has 104 valence electrons. The van der Waals surface area contributed by atoms with Gasteiger partial charge in [-0.05, 0) is 46.6 Å². The molecular weight excluding hydrogens is 338 g/mol. The lowest BCUT2D eigenvalue weighted by molar-refractivity contribution is 0.0785. The molecule has 0 aliphatic carbocycles. The standard InChI is InChI=1S/C16H15BrClNO/c1-11-3-5-12(6-4-11)10-19(2)16(20)13-7-8-15(18)14(17)9-13/h3-9H,10H2,1-2H3. The zero-order chi connectivity index (χ0) is 14.7. The number of halogens is 2. The molecule has 0 spiro atoms. The van der Waals surface area contributed by atoms with Gasteiger partial charge in [-0.15, -0.1) is 0 Å². The van der Waals surface area contributed by atoms with E-state index in [-0.39, 0.29) is 5.91 Å². The Morgan fingerprint density at radius 3 is 2.45 bits per heavy atom. The van der Waals surface area contributed by atoms with Crippen LogP contribution in [0.15, 0.2) is 46.9 Å². The summed E-state index contributed by atoms with van der Waals surface area (Å²) < 4.78 is 0.730. The lowest BCUT2D eigenvalue weighted by Crippen LogP contribution is -2.26. The Bertz CT molecular complexity index is 625. The third-order valence-electron chi connectivity index (χ3n) is 3.05. The Labute approximate surface area is 132 Å². The zero-order valence-electron chi connectivity index (χ0n) is 11.4. The van der Waals surface area contributed by atoms with E-state index in [0.717, 1.165) is 10.0 Å². The van der Waals surface area contributed by atoms with E-state index in [9.17, 15) is 4.79 Å². The maximum atomic E-state index is 12.3. The molecule has 0 fully saturated rings. The molecule has 4 heteroatoms. The molecule has 1 amide bonds. The van der Waals surface area contributed by atoms with Crippen molar-refractivity contribution in [2.45, 2.75) is 13.5 Å². The van der Waals surface area contributed by atoms with Crippen LogP contribution in [0.1, 0.15) is 21.5 Å². The maximum Gasteiger partial charge on any atom is 0.253 e. The first-order valence-electron chi connectivity index (χ1n) is 6.23. The molecule has 2 rings (SSSR count). The van der Waals surface area contributed by atoms with Crippen LogP contribution >= 0.6 is 27.5 Å². The zero-order valence-corrected chi connectivity index (χ0v) is 13.7. The summed E-state index contributed by atoms with van der Waals surface area (Å²) in [5, 5.41) is 0.600. The van der Waals surface area contributed by atoms with Crippen LogP contribution in [0, 0.1) is 6.92 Å². The second-order valence-corrected chi connectivity index (χ2v) is 6.04. The molecule has 20 heavy (non-hydrogen) atoms. The smallest absolute Gasteiger partial charge is 0.253 e. The Kier molecular flexibility index (Phi) is 4.84. The Balaban J connectivity index is 2.11. The molecule has 0 atom stereocenters. The summed E-state index contributed by atoms with van der Waals surface area (Å²) >= 11 is 9.27. The minimum absolute atomic E-state index is 0.0251. The van der Waals surface area contributed by atoms with E-state index in [0.29, 0.717) is 17.1 Å². The Morgan fingerprint density at radius 2 is 1.85 bits per heavy atom. The highest BCUT2D eigenvalue weighted by Gasteiger charge is 2.13. The highest BCUT2D eigenvalue weighted by atomic mass is 79.9. The number of aryl methyl sites for hydroxylation is 1. The molecule has 0 heterocycles. The number of carbonyl (C=O) groups is 1. The van der Waals surface area contributed by atoms with E-state index in [1.807, 2.05) is 31.2 Å². The van der Waals surface area contributed by atoms with Crippen molar-refractivity contribution in [1.29, 1.82) is 0 Å². The van der Waals surface area contributed by atoms with Crippen molar-refractivity contribution in [2.24, 2.45) is 0 Å². The Morgan fingerprint density at radius 1 is 1.20 bits per heavy atom. The average Bonchev–Trinajstić information content (AvgIpc) is 2.43. The first kappa shape index (κ1) is 15.1. The summed E-state index contributed by atoms with van der Waals surface area (Å²) in [4.78, 5) is 14.0. The second-order valence-electron chi connectivity index (χ2n) is 4.78. The normalized spacial score (nSPS) is 10.4. The van der Waals surface area contributed by atoms with Crippen LogP contribution in [0.25, 0.3) is 0 Å². The van der Waals surface area contributed by atoms with Gasteiger partial charge in [0.1, 0.15) is 0 Å². The molecule has 0 saturated heterocycles. The van der Waals surface area contributed by atoms with Crippen LogP contribution in [0.3, 0.4) is 0 Å². The molecule has 2 aromatic rings. The maximum absolute atomic E-state index is 12.3. The average molecular weight is 353 g/mol. The van der Waals surface area contributed by atoms with Crippen LogP contribution < -0.4 is 0 Å². The van der Waals surface area contributed by atoms with Gasteiger partial charge in [-0.2, -0.15) is 0 Å². The fourth-order valence-corrected chi connectivity index (χ4v) is 2.39. The van der Waals surface area contributed by atoms with Gasteiger partial charge in [-0.25, -0.2) is 0 Å². The largest absolute Gasteiger partial charge is 0.337 e. The summed E-state index contributed by atoms with van der Waals surface area (Å²) in [5.41, 5.74) is 2.94. The molecule has 0 unspecified atom stereocenters. The van der Waals surface area contributed by atoms with Crippen molar-refractivity contribution in [1.82, 2.24) is 4.90 Å². The van der Waals surface area contributed by atoms with Crippen LogP contribution in [0.5, 0.6) is 0 Å². The monoisotopic (exact) mass is 351 g/mol. The molecule has 0 saturated carbocycles. The second kappa shape index (κ2) is 6.42.